The standard InChI is InChI=1S/C13H16ClN3O4/c1-13(2,11(15)20)6-16-12(21)17-9-4-3-7(10(18)19)5-8(9)14/h3-5H,6H2,1-2H3,(H2,15,20)(H,18,19)(H2,16,17,21). The SMILES string of the molecule is CC(C)(CNC(=O)Nc1ccc(C(=O)O)cc1Cl)C(N)=O. The number of carboxylic acid groups (broad SMARTS) is 1. The van der Waals surface area contributed by atoms with E-state index in [1.165, 1.54) is 18.2 Å². The Morgan fingerprint density at radius 1 is 1.33 bits per heavy atom. The molecule has 114 valence electrons. The second-order valence-electron chi connectivity index (χ2n) is 5.06. The molecule has 21 heavy (non-hydrogen) atoms. The highest BCUT2D eigenvalue weighted by atomic mass is 35.5. The minimum Gasteiger partial charge on any atom is -0.478 e. The number of halogens is 1. The number of rotatable bonds is 5. The molecule has 5 N–H and O–H groups in total. The highest BCUT2D eigenvalue weighted by Gasteiger charge is 2.25. The van der Waals surface area contributed by atoms with Crippen molar-refractivity contribution in [2.75, 3.05) is 11.9 Å². The van der Waals surface area contributed by atoms with Crippen molar-refractivity contribution in [2.45, 2.75) is 13.8 Å². The van der Waals surface area contributed by atoms with E-state index in [0.29, 0.717) is 0 Å². The molecule has 0 radical (unpaired) electrons. The van der Waals surface area contributed by atoms with Crippen molar-refractivity contribution >= 4 is 35.2 Å². The van der Waals surface area contributed by atoms with Gasteiger partial charge in [0.15, 0.2) is 0 Å². The average molecular weight is 314 g/mol. The van der Waals surface area contributed by atoms with Crippen molar-refractivity contribution in [3.8, 4) is 0 Å². The molecule has 8 heteroatoms. The van der Waals surface area contributed by atoms with E-state index in [9.17, 15) is 14.4 Å². The van der Waals surface area contributed by atoms with Gasteiger partial charge in [0.05, 0.1) is 21.7 Å². The quantitative estimate of drug-likeness (QED) is 0.660. The molecular formula is C13H16ClN3O4. The number of benzene rings is 1. The lowest BCUT2D eigenvalue weighted by Crippen LogP contribution is -2.43. The van der Waals surface area contributed by atoms with Gasteiger partial charge < -0.3 is 21.5 Å². The number of hydrogen-bond acceptors (Lipinski definition) is 3. The first kappa shape index (κ1) is 16.8. The molecule has 0 spiro atoms. The minimum atomic E-state index is -1.11. The number of hydrogen-bond donors (Lipinski definition) is 4. The minimum absolute atomic E-state index is 0.0146. The lowest BCUT2D eigenvalue weighted by atomic mass is 9.93. The topological polar surface area (TPSA) is 122 Å². The summed E-state index contributed by atoms with van der Waals surface area (Å²) in [4.78, 5) is 33.6. The summed E-state index contributed by atoms with van der Waals surface area (Å²) in [5.41, 5.74) is 4.58. The summed E-state index contributed by atoms with van der Waals surface area (Å²) in [6.45, 7) is 3.26. The number of carbonyl (C=O) groups is 3. The largest absolute Gasteiger partial charge is 0.478 e. The molecule has 0 bridgehead atoms. The normalized spacial score (nSPS) is 10.8. The zero-order valence-corrected chi connectivity index (χ0v) is 12.3. The molecule has 7 nitrogen and oxygen atoms in total. The Hall–Kier alpha value is -2.28. The number of carboxylic acids is 1. The summed E-state index contributed by atoms with van der Waals surface area (Å²) in [5, 5.41) is 13.9. The van der Waals surface area contributed by atoms with Crippen LogP contribution >= 0.6 is 11.6 Å². The van der Waals surface area contributed by atoms with Crippen molar-refractivity contribution in [2.24, 2.45) is 11.1 Å². The van der Waals surface area contributed by atoms with Crippen LogP contribution in [0.1, 0.15) is 24.2 Å². The first-order chi connectivity index (χ1) is 9.63. The lowest BCUT2D eigenvalue weighted by molar-refractivity contribution is -0.125. The van der Waals surface area contributed by atoms with Gasteiger partial charge in [-0.3, -0.25) is 4.79 Å². The van der Waals surface area contributed by atoms with Crippen LogP contribution in [0.2, 0.25) is 5.02 Å². The molecule has 0 heterocycles. The summed E-state index contributed by atoms with van der Waals surface area (Å²) in [5.74, 6) is -1.65. The number of urea groups is 1. The van der Waals surface area contributed by atoms with Crippen molar-refractivity contribution in [3.63, 3.8) is 0 Å². The zero-order chi connectivity index (χ0) is 16.2. The van der Waals surface area contributed by atoms with E-state index in [2.05, 4.69) is 10.6 Å². The number of nitrogens with one attached hydrogen (secondary N) is 2. The molecule has 0 aromatic heterocycles. The number of primary amides is 1. The second kappa shape index (κ2) is 6.45. The number of aromatic carboxylic acids is 1. The van der Waals surface area contributed by atoms with Crippen molar-refractivity contribution in [1.29, 1.82) is 0 Å². The number of carbonyl (C=O) groups excluding carboxylic acids is 2. The first-order valence-electron chi connectivity index (χ1n) is 6.01. The van der Waals surface area contributed by atoms with E-state index in [4.69, 9.17) is 22.4 Å². The fourth-order valence-electron chi connectivity index (χ4n) is 1.30. The van der Waals surface area contributed by atoms with Gasteiger partial charge in [-0.05, 0) is 32.0 Å². The fourth-order valence-corrected chi connectivity index (χ4v) is 1.53. The van der Waals surface area contributed by atoms with Crippen LogP contribution in [-0.2, 0) is 4.79 Å². The highest BCUT2D eigenvalue weighted by molar-refractivity contribution is 6.34. The van der Waals surface area contributed by atoms with Gasteiger partial charge >= 0.3 is 12.0 Å². The van der Waals surface area contributed by atoms with Gasteiger partial charge in [0.25, 0.3) is 0 Å². The molecule has 0 aliphatic heterocycles. The van der Waals surface area contributed by atoms with Crippen LogP contribution in [-0.4, -0.2) is 29.6 Å². The molecular weight excluding hydrogens is 298 g/mol. The lowest BCUT2D eigenvalue weighted by Gasteiger charge is -2.21. The monoisotopic (exact) mass is 313 g/mol. The maximum absolute atomic E-state index is 11.7. The maximum Gasteiger partial charge on any atom is 0.335 e. The van der Waals surface area contributed by atoms with Gasteiger partial charge in [-0.15, -0.1) is 0 Å². The van der Waals surface area contributed by atoms with E-state index in [0.717, 1.165) is 0 Å². The van der Waals surface area contributed by atoms with Gasteiger partial charge in [0.2, 0.25) is 5.91 Å². The third-order valence-electron chi connectivity index (χ3n) is 2.82. The van der Waals surface area contributed by atoms with E-state index in [1.54, 1.807) is 13.8 Å². The molecule has 1 aromatic carbocycles. The fraction of sp³-hybridized carbons (Fsp3) is 0.308. The molecule has 1 rings (SSSR count). The predicted molar refractivity (Wildman–Crippen MR) is 78.4 cm³/mol. The summed E-state index contributed by atoms with van der Waals surface area (Å²) in [6, 6.07) is 3.35. The molecule has 0 saturated carbocycles. The summed E-state index contributed by atoms with van der Waals surface area (Å²) in [7, 11) is 0. The Balaban J connectivity index is 2.68. The van der Waals surface area contributed by atoms with Crippen molar-refractivity contribution in [1.82, 2.24) is 5.32 Å². The molecule has 0 saturated heterocycles. The maximum atomic E-state index is 11.7. The van der Waals surface area contributed by atoms with Gasteiger partial charge in [0.1, 0.15) is 0 Å². The molecule has 0 fully saturated rings. The molecule has 1 aromatic rings. The van der Waals surface area contributed by atoms with Crippen molar-refractivity contribution in [3.05, 3.63) is 28.8 Å². The Morgan fingerprint density at radius 2 is 1.95 bits per heavy atom. The van der Waals surface area contributed by atoms with Gasteiger partial charge in [-0.25, -0.2) is 9.59 Å². The van der Waals surface area contributed by atoms with Crippen LogP contribution in [0.3, 0.4) is 0 Å². The van der Waals surface area contributed by atoms with Crippen LogP contribution in [0, 0.1) is 5.41 Å². The van der Waals surface area contributed by atoms with E-state index in [1.807, 2.05) is 0 Å². The molecule has 3 amide bonds. The summed E-state index contributed by atoms with van der Waals surface area (Å²) >= 11 is 5.88. The van der Waals surface area contributed by atoms with E-state index >= 15 is 0 Å². The van der Waals surface area contributed by atoms with E-state index in [-0.39, 0.29) is 22.8 Å². The van der Waals surface area contributed by atoms with Crippen molar-refractivity contribution < 1.29 is 19.5 Å². The molecule has 0 unspecified atom stereocenters. The van der Waals surface area contributed by atoms with Crippen LogP contribution in [0.5, 0.6) is 0 Å². The Bertz CT molecular complexity index is 587. The summed E-state index contributed by atoms with van der Waals surface area (Å²) in [6.07, 6.45) is 0. The van der Waals surface area contributed by atoms with Crippen LogP contribution in [0.25, 0.3) is 0 Å². The number of nitrogens with two attached hydrogens (primary N) is 1. The second-order valence-corrected chi connectivity index (χ2v) is 5.46. The Kier molecular flexibility index (Phi) is 5.15. The van der Waals surface area contributed by atoms with Crippen LogP contribution in [0.15, 0.2) is 18.2 Å². The molecule has 0 aliphatic rings. The van der Waals surface area contributed by atoms with E-state index < -0.39 is 23.3 Å². The Morgan fingerprint density at radius 3 is 2.43 bits per heavy atom. The Labute approximate surface area is 126 Å². The van der Waals surface area contributed by atoms with Gasteiger partial charge in [-0.2, -0.15) is 0 Å². The summed E-state index contributed by atoms with van der Waals surface area (Å²) < 4.78 is 0. The first-order valence-corrected chi connectivity index (χ1v) is 6.39. The predicted octanol–water partition coefficient (Wildman–Crippen LogP) is 1.67. The molecule has 0 aliphatic carbocycles. The zero-order valence-electron chi connectivity index (χ0n) is 11.6. The highest BCUT2D eigenvalue weighted by Crippen LogP contribution is 2.23. The van der Waals surface area contributed by atoms with Gasteiger partial charge in [0, 0.05) is 6.54 Å². The van der Waals surface area contributed by atoms with Crippen LogP contribution in [0.4, 0.5) is 10.5 Å². The third kappa shape index (κ3) is 4.64. The number of anilines is 1. The smallest absolute Gasteiger partial charge is 0.335 e. The third-order valence-corrected chi connectivity index (χ3v) is 3.13. The van der Waals surface area contributed by atoms with Crippen LogP contribution < -0.4 is 16.4 Å². The van der Waals surface area contributed by atoms with Gasteiger partial charge in [-0.1, -0.05) is 11.6 Å². The average Bonchev–Trinajstić information content (AvgIpc) is 2.38. The number of amides is 3. The molecule has 0 atom stereocenters.